The quantitative estimate of drug-likeness (QED) is 0.273. The van der Waals surface area contributed by atoms with Gasteiger partial charge in [0, 0.05) is 6.42 Å². The van der Waals surface area contributed by atoms with Crippen LogP contribution in [0.5, 0.6) is 0 Å². The second-order valence-electron chi connectivity index (χ2n) is 6.18. The highest BCUT2D eigenvalue weighted by Gasteiger charge is 2.66. The molecule has 1 atom stereocenters. The van der Waals surface area contributed by atoms with E-state index < -0.39 is 52.9 Å². The zero-order chi connectivity index (χ0) is 23.0. The molecule has 0 saturated carbocycles. The summed E-state index contributed by atoms with van der Waals surface area (Å²) in [6.45, 7) is 14.2. The molecular weight excluding hydrogens is 426 g/mol. The number of rotatable bonds is 10. The van der Waals surface area contributed by atoms with Gasteiger partial charge >= 0.3 is 17.4 Å². The van der Waals surface area contributed by atoms with Gasteiger partial charge in [-0.05, 0) is 40.5 Å². The van der Waals surface area contributed by atoms with Gasteiger partial charge in [0.15, 0.2) is 16.3 Å². The van der Waals surface area contributed by atoms with Gasteiger partial charge in [0.2, 0.25) is 0 Å². The van der Waals surface area contributed by atoms with E-state index in [1.807, 2.05) is 0 Å². The fourth-order valence-electron chi connectivity index (χ4n) is 2.35. The summed E-state index contributed by atoms with van der Waals surface area (Å²) in [7, 11) is -6.85. The van der Waals surface area contributed by atoms with E-state index in [0.29, 0.717) is 0 Å². The third kappa shape index (κ3) is 8.36. The largest absolute Gasteiger partial charge is 0.743 e. The molecule has 0 saturated heterocycles. The zero-order valence-electron chi connectivity index (χ0n) is 16.1. The number of hydrogen-bond acceptors (Lipinski definition) is 3. The molecule has 0 amide bonds. The van der Waals surface area contributed by atoms with Crippen LogP contribution in [0.4, 0.5) is 35.1 Å². The SMILES string of the molecule is CC[N+](CC)(CC)CC.O=S(=O)([O-])C(F)(F)C(F)(F)C(F)CCCC(F)(F)F. The van der Waals surface area contributed by atoms with Crippen molar-refractivity contribution in [2.45, 2.75) is 70.5 Å². The summed E-state index contributed by atoms with van der Waals surface area (Å²) >= 11 is 0. The Bertz CT molecular complexity index is 530. The number of halogens is 8. The first-order chi connectivity index (χ1) is 12.4. The van der Waals surface area contributed by atoms with Crippen molar-refractivity contribution in [1.29, 1.82) is 0 Å². The zero-order valence-corrected chi connectivity index (χ0v) is 16.9. The maximum absolute atomic E-state index is 12.8. The van der Waals surface area contributed by atoms with E-state index in [1.54, 1.807) is 0 Å². The normalized spacial score (nSPS) is 15.0. The van der Waals surface area contributed by atoms with Crippen molar-refractivity contribution in [1.82, 2.24) is 0 Å². The minimum atomic E-state index is -6.85. The van der Waals surface area contributed by atoms with Gasteiger partial charge in [-0.25, -0.2) is 12.8 Å². The van der Waals surface area contributed by atoms with E-state index in [0.717, 1.165) is 0 Å². The van der Waals surface area contributed by atoms with Gasteiger partial charge in [0.05, 0.1) is 26.2 Å². The molecule has 172 valence electrons. The molecule has 0 rings (SSSR count). The lowest BCUT2D eigenvalue weighted by Gasteiger charge is -2.34. The Morgan fingerprint density at radius 3 is 1.43 bits per heavy atom. The first-order valence-corrected chi connectivity index (χ1v) is 10.0. The molecule has 0 heterocycles. The van der Waals surface area contributed by atoms with Crippen molar-refractivity contribution >= 4 is 10.1 Å². The van der Waals surface area contributed by atoms with Crippen LogP contribution in [0.2, 0.25) is 0 Å². The van der Waals surface area contributed by atoms with E-state index in [4.69, 9.17) is 0 Å². The van der Waals surface area contributed by atoms with E-state index in [-0.39, 0.29) is 0 Å². The van der Waals surface area contributed by atoms with Gasteiger partial charge in [0.1, 0.15) is 0 Å². The highest BCUT2D eigenvalue weighted by Crippen LogP contribution is 2.43. The Labute approximate surface area is 160 Å². The van der Waals surface area contributed by atoms with Crippen LogP contribution >= 0.6 is 0 Å². The average Bonchev–Trinajstić information content (AvgIpc) is 2.55. The van der Waals surface area contributed by atoms with Crippen LogP contribution in [0.3, 0.4) is 0 Å². The highest BCUT2D eigenvalue weighted by molar-refractivity contribution is 7.86. The lowest BCUT2D eigenvalue weighted by Crippen LogP contribution is -2.52. The van der Waals surface area contributed by atoms with Gasteiger partial charge in [0.25, 0.3) is 0 Å². The van der Waals surface area contributed by atoms with Gasteiger partial charge in [-0.15, -0.1) is 0 Å². The molecule has 0 aromatic carbocycles. The summed E-state index contributed by atoms with van der Waals surface area (Å²) in [5, 5.41) is -6.24. The Hall–Kier alpha value is -0.690. The van der Waals surface area contributed by atoms with Crippen LogP contribution in [0.1, 0.15) is 47.0 Å². The Kier molecular flexibility index (Phi) is 11.5. The fraction of sp³-hybridized carbons (Fsp3) is 1.00. The number of alkyl halides is 8. The van der Waals surface area contributed by atoms with Gasteiger partial charge < -0.3 is 9.04 Å². The summed E-state index contributed by atoms with van der Waals surface area (Å²) in [6.07, 6.45) is -13.3. The maximum atomic E-state index is 12.8. The first-order valence-electron chi connectivity index (χ1n) is 8.64. The summed E-state index contributed by atoms with van der Waals surface area (Å²) < 4.78 is 129. The van der Waals surface area contributed by atoms with Crippen molar-refractivity contribution in [2.75, 3.05) is 26.2 Å². The second kappa shape index (κ2) is 10.9. The third-order valence-corrected chi connectivity index (χ3v) is 5.60. The van der Waals surface area contributed by atoms with Crippen LogP contribution in [-0.2, 0) is 10.1 Å². The Balaban J connectivity index is 0. The van der Waals surface area contributed by atoms with Crippen molar-refractivity contribution in [3.63, 3.8) is 0 Å². The van der Waals surface area contributed by atoms with Crippen molar-refractivity contribution < 1.29 is 52.6 Å². The summed E-state index contributed by atoms with van der Waals surface area (Å²) in [5.74, 6) is -5.90. The summed E-state index contributed by atoms with van der Waals surface area (Å²) in [6, 6.07) is 0. The standard InChI is InChI=1S/C8H20N.C7H8F8O3S/c1-5-9(6-2,7-3)8-4;8-4(2-1-3-5(9,10)11)6(12,13)7(14,15)19(16,17)18/h5-8H2,1-4H3;4H,1-3H2,(H,16,17,18)/q+1;/p-1. The first kappa shape index (κ1) is 29.5. The summed E-state index contributed by atoms with van der Waals surface area (Å²) in [4.78, 5) is 0. The molecule has 0 aliphatic rings. The third-order valence-electron chi connectivity index (χ3n) is 4.70. The maximum Gasteiger partial charge on any atom is 0.399 e. The molecule has 0 spiro atoms. The minimum absolute atomic E-state index is 1.25. The molecule has 0 bridgehead atoms. The second-order valence-corrected chi connectivity index (χ2v) is 7.60. The highest BCUT2D eigenvalue weighted by atomic mass is 32.2. The minimum Gasteiger partial charge on any atom is -0.743 e. The molecule has 0 fully saturated rings. The molecule has 28 heavy (non-hydrogen) atoms. The Morgan fingerprint density at radius 2 is 1.21 bits per heavy atom. The fourth-order valence-corrected chi connectivity index (χ4v) is 2.81. The predicted molar refractivity (Wildman–Crippen MR) is 86.8 cm³/mol. The van der Waals surface area contributed by atoms with Gasteiger partial charge in [-0.1, -0.05) is 0 Å². The van der Waals surface area contributed by atoms with E-state index >= 15 is 0 Å². The van der Waals surface area contributed by atoms with E-state index in [9.17, 15) is 48.1 Å². The average molecular weight is 453 g/mol. The molecule has 0 N–H and O–H groups in total. The molecule has 1 unspecified atom stereocenters. The van der Waals surface area contributed by atoms with Crippen LogP contribution in [-0.4, -0.2) is 67.2 Å². The molecular formula is C15H27F8NO3S. The number of nitrogens with zero attached hydrogens (tertiary/aromatic N) is 1. The predicted octanol–water partition coefficient (Wildman–Crippen LogP) is 4.71. The molecule has 4 nitrogen and oxygen atoms in total. The molecule has 0 aliphatic carbocycles. The lowest BCUT2D eigenvalue weighted by atomic mass is 10.1. The molecule has 0 aromatic heterocycles. The Morgan fingerprint density at radius 1 is 0.857 bits per heavy atom. The molecule has 0 aromatic rings. The van der Waals surface area contributed by atoms with Gasteiger partial charge in [-0.2, -0.15) is 30.7 Å². The van der Waals surface area contributed by atoms with Crippen molar-refractivity contribution in [3.8, 4) is 0 Å². The van der Waals surface area contributed by atoms with Gasteiger partial charge in [-0.3, -0.25) is 0 Å². The molecule has 13 heteroatoms. The monoisotopic (exact) mass is 453 g/mol. The number of quaternary nitrogens is 1. The van der Waals surface area contributed by atoms with E-state index in [1.165, 1.54) is 30.7 Å². The van der Waals surface area contributed by atoms with Crippen LogP contribution in [0, 0.1) is 0 Å². The van der Waals surface area contributed by atoms with Crippen LogP contribution in [0.25, 0.3) is 0 Å². The van der Waals surface area contributed by atoms with Crippen LogP contribution in [0.15, 0.2) is 0 Å². The lowest BCUT2D eigenvalue weighted by molar-refractivity contribution is -0.921. The topological polar surface area (TPSA) is 57.2 Å². The summed E-state index contributed by atoms with van der Waals surface area (Å²) in [5.41, 5.74) is 0. The molecule has 0 aliphatic heterocycles. The van der Waals surface area contributed by atoms with E-state index in [2.05, 4.69) is 27.7 Å². The van der Waals surface area contributed by atoms with Crippen molar-refractivity contribution in [3.05, 3.63) is 0 Å². The van der Waals surface area contributed by atoms with Crippen molar-refractivity contribution in [2.24, 2.45) is 0 Å². The molecule has 0 radical (unpaired) electrons. The van der Waals surface area contributed by atoms with Crippen LogP contribution < -0.4 is 0 Å². The number of hydrogen-bond donors (Lipinski definition) is 0. The smallest absolute Gasteiger partial charge is 0.399 e.